The van der Waals surface area contributed by atoms with Crippen LogP contribution in [0.25, 0.3) is 0 Å². The van der Waals surface area contributed by atoms with Crippen molar-refractivity contribution in [1.29, 1.82) is 0 Å². The van der Waals surface area contributed by atoms with E-state index in [0.29, 0.717) is 11.0 Å². The van der Waals surface area contributed by atoms with Gasteiger partial charge in [-0.2, -0.15) is 13.2 Å². The van der Waals surface area contributed by atoms with E-state index >= 15 is 0 Å². The Balaban J connectivity index is 2.90. The Kier molecular flexibility index (Phi) is 5.22. The summed E-state index contributed by atoms with van der Waals surface area (Å²) in [5.74, 6) is -0.268. The minimum Gasteiger partial charge on any atom is -0.374 e. The molecule has 1 aromatic carbocycles. The zero-order valence-corrected chi connectivity index (χ0v) is 12.0. The smallest absolute Gasteiger partial charge is 0.374 e. The van der Waals surface area contributed by atoms with Crippen molar-refractivity contribution in [3.05, 3.63) is 28.2 Å². The van der Waals surface area contributed by atoms with Crippen molar-refractivity contribution in [3.8, 4) is 0 Å². The Hall–Kier alpha value is -1.24. The van der Waals surface area contributed by atoms with E-state index in [0.717, 1.165) is 12.1 Å². The molecule has 0 fully saturated rings. The Morgan fingerprint density at radius 3 is 2.53 bits per heavy atom. The molecule has 0 saturated carbocycles. The normalized spacial score (nSPS) is 12.9. The summed E-state index contributed by atoms with van der Waals surface area (Å²) in [5.41, 5.74) is -0.534. The van der Waals surface area contributed by atoms with Gasteiger partial charge >= 0.3 is 6.18 Å². The fourth-order valence-electron chi connectivity index (χ4n) is 1.48. The number of halogens is 4. The van der Waals surface area contributed by atoms with Gasteiger partial charge in [-0.1, -0.05) is 15.9 Å². The van der Waals surface area contributed by atoms with E-state index < -0.39 is 17.8 Å². The van der Waals surface area contributed by atoms with Crippen LogP contribution in [0, 0.1) is 0 Å². The second-order valence-corrected chi connectivity index (χ2v) is 4.90. The predicted octanol–water partition coefficient (Wildman–Crippen LogP) is 3.40. The van der Waals surface area contributed by atoms with Gasteiger partial charge in [0.1, 0.15) is 6.04 Å². The lowest BCUT2D eigenvalue weighted by Crippen LogP contribution is -2.37. The van der Waals surface area contributed by atoms with Crippen molar-refractivity contribution in [2.75, 3.05) is 11.9 Å². The van der Waals surface area contributed by atoms with Crippen LogP contribution < -0.4 is 10.6 Å². The van der Waals surface area contributed by atoms with Gasteiger partial charge in [0.15, 0.2) is 0 Å². The Bertz CT molecular complexity index is 463. The zero-order chi connectivity index (χ0) is 14.6. The monoisotopic (exact) mass is 338 g/mol. The molecule has 0 aliphatic carbocycles. The molecule has 7 heteroatoms. The van der Waals surface area contributed by atoms with E-state index in [4.69, 9.17) is 0 Å². The van der Waals surface area contributed by atoms with Crippen LogP contribution in [0.5, 0.6) is 0 Å². The van der Waals surface area contributed by atoms with Gasteiger partial charge in [-0.3, -0.25) is 4.79 Å². The largest absolute Gasteiger partial charge is 0.416 e. The first-order chi connectivity index (χ1) is 8.74. The number of alkyl halides is 3. The van der Waals surface area contributed by atoms with E-state index in [1.54, 1.807) is 13.8 Å². The Labute approximate surface area is 117 Å². The van der Waals surface area contributed by atoms with Gasteiger partial charge in [0.25, 0.3) is 0 Å². The molecule has 0 aromatic heterocycles. The maximum Gasteiger partial charge on any atom is 0.416 e. The van der Waals surface area contributed by atoms with Crippen molar-refractivity contribution in [3.63, 3.8) is 0 Å². The third-order valence-electron chi connectivity index (χ3n) is 2.35. The van der Waals surface area contributed by atoms with Gasteiger partial charge in [-0.05, 0) is 32.0 Å². The van der Waals surface area contributed by atoms with Crippen LogP contribution in [-0.2, 0) is 11.0 Å². The van der Waals surface area contributed by atoms with Gasteiger partial charge in [0.05, 0.1) is 5.56 Å². The molecule has 3 nitrogen and oxygen atoms in total. The van der Waals surface area contributed by atoms with Crippen molar-refractivity contribution in [1.82, 2.24) is 5.32 Å². The summed E-state index contributed by atoms with van der Waals surface area (Å²) in [4.78, 5) is 11.5. The van der Waals surface area contributed by atoms with Gasteiger partial charge in [0.2, 0.25) is 5.91 Å². The molecule has 106 valence electrons. The first-order valence-electron chi connectivity index (χ1n) is 5.66. The molecule has 1 atom stereocenters. The van der Waals surface area contributed by atoms with E-state index in [9.17, 15) is 18.0 Å². The highest BCUT2D eigenvalue weighted by Crippen LogP contribution is 2.33. The van der Waals surface area contributed by atoms with E-state index in [1.165, 1.54) is 6.07 Å². The molecule has 0 spiro atoms. The molecule has 1 amide bonds. The maximum absolute atomic E-state index is 12.6. The summed E-state index contributed by atoms with van der Waals surface area (Å²) in [6.45, 7) is 3.82. The summed E-state index contributed by atoms with van der Waals surface area (Å²) >= 11 is 3.02. The average Bonchev–Trinajstić information content (AvgIpc) is 2.27. The molecule has 1 rings (SSSR count). The highest BCUT2D eigenvalue weighted by atomic mass is 79.9. The average molecular weight is 339 g/mol. The van der Waals surface area contributed by atoms with Crippen LogP contribution >= 0.6 is 15.9 Å². The topological polar surface area (TPSA) is 41.1 Å². The molecule has 0 aliphatic heterocycles. The molecular weight excluding hydrogens is 325 g/mol. The molecule has 1 unspecified atom stereocenters. The van der Waals surface area contributed by atoms with Crippen LogP contribution in [0.4, 0.5) is 18.9 Å². The number of benzene rings is 1. The number of carbonyl (C=O) groups is 1. The Morgan fingerprint density at radius 1 is 1.37 bits per heavy atom. The molecular formula is C12H14BrF3N2O. The van der Waals surface area contributed by atoms with Gasteiger partial charge in [-0.15, -0.1) is 0 Å². The summed E-state index contributed by atoms with van der Waals surface area (Å²) in [5, 5.41) is 5.33. The zero-order valence-electron chi connectivity index (χ0n) is 10.4. The van der Waals surface area contributed by atoms with Crippen LogP contribution in [0.3, 0.4) is 0 Å². The second kappa shape index (κ2) is 6.27. The highest BCUT2D eigenvalue weighted by molar-refractivity contribution is 9.10. The third-order valence-corrected chi connectivity index (χ3v) is 2.81. The maximum atomic E-state index is 12.6. The number of nitrogens with one attached hydrogen (secondary N) is 2. The number of hydrogen-bond acceptors (Lipinski definition) is 2. The van der Waals surface area contributed by atoms with Crippen LogP contribution in [0.2, 0.25) is 0 Å². The predicted molar refractivity (Wildman–Crippen MR) is 70.9 cm³/mol. The minimum atomic E-state index is -4.42. The van der Waals surface area contributed by atoms with Crippen molar-refractivity contribution >= 4 is 27.5 Å². The number of carbonyl (C=O) groups excluding carboxylic acids is 1. The number of anilines is 1. The fourth-order valence-corrected chi connectivity index (χ4v) is 1.97. The lowest BCUT2D eigenvalue weighted by molar-refractivity contribution is -0.137. The summed E-state index contributed by atoms with van der Waals surface area (Å²) in [6, 6.07) is 2.84. The number of likely N-dealkylation sites (N-methyl/N-ethyl adjacent to an activating group) is 1. The standard InChI is InChI=1S/C12H14BrF3N2O/c1-3-17-11(19)7(2)18-10-5-8(12(14,15)16)4-9(13)6-10/h4-7,18H,3H2,1-2H3,(H,17,19). The Morgan fingerprint density at radius 2 is 2.00 bits per heavy atom. The van der Waals surface area contributed by atoms with Crippen molar-refractivity contribution in [2.24, 2.45) is 0 Å². The molecule has 0 saturated heterocycles. The van der Waals surface area contributed by atoms with Gasteiger partial charge in [-0.25, -0.2) is 0 Å². The SMILES string of the molecule is CCNC(=O)C(C)Nc1cc(Br)cc(C(F)(F)F)c1. The van der Waals surface area contributed by atoms with E-state index in [-0.39, 0.29) is 11.6 Å². The quantitative estimate of drug-likeness (QED) is 0.883. The second-order valence-electron chi connectivity index (χ2n) is 3.99. The first kappa shape index (κ1) is 15.8. The van der Waals surface area contributed by atoms with Gasteiger partial charge < -0.3 is 10.6 Å². The number of rotatable bonds is 4. The number of hydrogen-bond donors (Lipinski definition) is 2. The minimum absolute atomic E-state index is 0.237. The number of amides is 1. The summed E-state index contributed by atoms with van der Waals surface area (Å²) < 4.78 is 38.2. The van der Waals surface area contributed by atoms with Crippen molar-refractivity contribution < 1.29 is 18.0 Å². The molecule has 0 heterocycles. The molecule has 0 aliphatic rings. The first-order valence-corrected chi connectivity index (χ1v) is 6.45. The van der Waals surface area contributed by atoms with Crippen molar-refractivity contribution in [2.45, 2.75) is 26.1 Å². The lowest BCUT2D eigenvalue weighted by atomic mass is 10.2. The van der Waals surface area contributed by atoms with E-state index in [2.05, 4.69) is 26.6 Å². The molecule has 1 aromatic rings. The highest BCUT2D eigenvalue weighted by Gasteiger charge is 2.31. The van der Waals surface area contributed by atoms with Gasteiger partial charge in [0, 0.05) is 16.7 Å². The van der Waals surface area contributed by atoms with Crippen LogP contribution in [-0.4, -0.2) is 18.5 Å². The van der Waals surface area contributed by atoms with Crippen LogP contribution in [0.15, 0.2) is 22.7 Å². The lowest BCUT2D eigenvalue weighted by Gasteiger charge is -2.16. The van der Waals surface area contributed by atoms with E-state index in [1.807, 2.05) is 0 Å². The third kappa shape index (κ3) is 4.74. The fraction of sp³-hybridized carbons (Fsp3) is 0.417. The molecule has 19 heavy (non-hydrogen) atoms. The van der Waals surface area contributed by atoms with Crippen LogP contribution in [0.1, 0.15) is 19.4 Å². The summed E-state index contributed by atoms with van der Waals surface area (Å²) in [7, 11) is 0. The summed E-state index contributed by atoms with van der Waals surface area (Å²) in [6.07, 6.45) is -4.42. The molecule has 0 radical (unpaired) electrons. The molecule has 2 N–H and O–H groups in total. The molecule has 0 bridgehead atoms.